The molecule has 2 heterocycles. The second-order valence-electron chi connectivity index (χ2n) is 6.31. The van der Waals surface area contributed by atoms with Crippen LogP contribution < -0.4 is 5.32 Å². The van der Waals surface area contributed by atoms with E-state index in [4.69, 9.17) is 4.52 Å². The van der Waals surface area contributed by atoms with Crippen molar-refractivity contribution < 1.29 is 14.1 Å². The fourth-order valence-corrected chi connectivity index (χ4v) is 3.24. The summed E-state index contributed by atoms with van der Waals surface area (Å²) in [6.07, 6.45) is 0.148. The Kier molecular flexibility index (Phi) is 5.66. The molecule has 0 bridgehead atoms. The predicted octanol–water partition coefficient (Wildman–Crippen LogP) is 3.05. The predicted molar refractivity (Wildman–Crippen MR) is 103 cm³/mol. The second kappa shape index (κ2) is 8.13. The Balaban J connectivity index is 1.55. The number of aromatic nitrogens is 2. The average Bonchev–Trinajstić information content (AvgIpc) is 3.24. The molecular weight excluding hydrogens is 364 g/mol. The molecule has 0 spiro atoms. The Labute approximate surface area is 161 Å². The highest BCUT2D eigenvalue weighted by atomic mass is 32.1. The molecule has 1 N–H and O–H groups in total. The number of benzene rings is 1. The minimum absolute atomic E-state index is 0.0697. The molecule has 0 unspecified atom stereocenters. The highest BCUT2D eigenvalue weighted by Crippen LogP contribution is 2.24. The normalized spacial score (nSPS) is 10.6. The third-order valence-electron chi connectivity index (χ3n) is 3.88. The summed E-state index contributed by atoms with van der Waals surface area (Å²) in [4.78, 5) is 30.3. The number of anilines is 1. The zero-order valence-corrected chi connectivity index (χ0v) is 16.2. The van der Waals surface area contributed by atoms with Crippen LogP contribution in [0, 0.1) is 13.8 Å². The van der Waals surface area contributed by atoms with Crippen molar-refractivity contribution in [2.75, 3.05) is 18.9 Å². The lowest BCUT2D eigenvalue weighted by Crippen LogP contribution is -2.35. The van der Waals surface area contributed by atoms with Gasteiger partial charge in [-0.3, -0.25) is 9.59 Å². The number of likely N-dealkylation sites (N-methyl/N-ethyl adjacent to an activating group) is 1. The number of nitrogens with one attached hydrogen (secondary N) is 1. The molecule has 0 aliphatic heterocycles. The minimum atomic E-state index is -0.335. The van der Waals surface area contributed by atoms with Crippen LogP contribution in [-0.2, 0) is 16.0 Å². The molecule has 0 saturated heterocycles. The zero-order valence-electron chi connectivity index (χ0n) is 15.4. The number of carbonyl (C=O) groups excluding carboxylic acids is 2. The largest absolute Gasteiger partial charge is 0.360 e. The first-order valence-corrected chi connectivity index (χ1v) is 9.27. The smallest absolute Gasteiger partial charge is 0.245 e. The fourth-order valence-electron chi connectivity index (χ4n) is 2.42. The van der Waals surface area contributed by atoms with E-state index in [0.29, 0.717) is 17.3 Å². The highest BCUT2D eigenvalue weighted by Gasteiger charge is 2.16. The molecule has 140 valence electrons. The Morgan fingerprint density at radius 3 is 2.63 bits per heavy atom. The monoisotopic (exact) mass is 384 g/mol. The van der Waals surface area contributed by atoms with E-state index in [1.165, 1.54) is 21.8 Å². The number of nitrogens with zero attached hydrogens (tertiary/aromatic N) is 3. The standard InChI is InChI=1S/C19H20N4O3S/c1-12-4-6-14(7-5-12)19-20-15(11-27-19)9-18(25)23(3)10-17(24)21-16-8-13(2)26-22-16/h4-8,11H,9-10H2,1-3H3,(H,21,22,24). The van der Waals surface area contributed by atoms with Gasteiger partial charge in [0.2, 0.25) is 11.8 Å². The van der Waals surface area contributed by atoms with E-state index in [1.54, 1.807) is 20.0 Å². The molecular formula is C19H20N4O3S. The first-order chi connectivity index (χ1) is 12.9. The van der Waals surface area contributed by atoms with Crippen LogP contribution >= 0.6 is 11.3 Å². The lowest BCUT2D eigenvalue weighted by atomic mass is 10.2. The van der Waals surface area contributed by atoms with Crippen LogP contribution in [0.15, 0.2) is 40.2 Å². The molecule has 1 aromatic carbocycles. The molecule has 0 fully saturated rings. The van der Waals surface area contributed by atoms with E-state index >= 15 is 0 Å². The van der Waals surface area contributed by atoms with Crippen LogP contribution in [-0.4, -0.2) is 40.4 Å². The van der Waals surface area contributed by atoms with Crippen molar-refractivity contribution in [3.63, 3.8) is 0 Å². The minimum Gasteiger partial charge on any atom is -0.360 e. The molecule has 8 heteroatoms. The van der Waals surface area contributed by atoms with Crippen molar-refractivity contribution in [3.8, 4) is 10.6 Å². The summed E-state index contributed by atoms with van der Waals surface area (Å²) in [5, 5.41) is 9.03. The Hall–Kier alpha value is -3.00. The maximum atomic E-state index is 12.4. The molecule has 7 nitrogen and oxygen atoms in total. The van der Waals surface area contributed by atoms with Crippen molar-refractivity contribution in [2.45, 2.75) is 20.3 Å². The van der Waals surface area contributed by atoms with Gasteiger partial charge in [-0.15, -0.1) is 11.3 Å². The van der Waals surface area contributed by atoms with Gasteiger partial charge in [0.15, 0.2) is 5.82 Å². The summed E-state index contributed by atoms with van der Waals surface area (Å²) < 4.78 is 4.89. The van der Waals surface area contributed by atoms with E-state index < -0.39 is 0 Å². The van der Waals surface area contributed by atoms with Gasteiger partial charge in [0.25, 0.3) is 0 Å². The molecule has 0 aliphatic rings. The fraction of sp³-hybridized carbons (Fsp3) is 0.263. The summed E-state index contributed by atoms with van der Waals surface area (Å²) in [6, 6.07) is 9.71. The number of hydrogen-bond acceptors (Lipinski definition) is 6. The Morgan fingerprint density at radius 1 is 1.22 bits per heavy atom. The number of carbonyl (C=O) groups is 2. The molecule has 27 heavy (non-hydrogen) atoms. The molecule has 0 atom stereocenters. The van der Waals surface area contributed by atoms with Gasteiger partial charge >= 0.3 is 0 Å². The molecule has 3 rings (SSSR count). The average molecular weight is 384 g/mol. The van der Waals surface area contributed by atoms with Crippen LogP contribution in [0.3, 0.4) is 0 Å². The number of rotatable bonds is 6. The van der Waals surface area contributed by atoms with Gasteiger partial charge in [0.1, 0.15) is 10.8 Å². The van der Waals surface area contributed by atoms with Gasteiger partial charge in [-0.05, 0) is 13.8 Å². The van der Waals surface area contributed by atoms with E-state index in [1.807, 2.05) is 36.6 Å². The second-order valence-corrected chi connectivity index (χ2v) is 7.17. The van der Waals surface area contributed by atoms with Gasteiger partial charge in [-0.25, -0.2) is 4.98 Å². The van der Waals surface area contributed by atoms with Gasteiger partial charge in [0, 0.05) is 24.1 Å². The third kappa shape index (κ3) is 5.01. The molecule has 2 aromatic heterocycles. The third-order valence-corrected chi connectivity index (χ3v) is 4.82. The number of hydrogen-bond donors (Lipinski definition) is 1. The van der Waals surface area contributed by atoms with Gasteiger partial charge in [-0.2, -0.15) is 0 Å². The summed E-state index contributed by atoms with van der Waals surface area (Å²) in [5.74, 6) is 0.420. The summed E-state index contributed by atoms with van der Waals surface area (Å²) >= 11 is 1.50. The van der Waals surface area contributed by atoms with Gasteiger partial charge in [-0.1, -0.05) is 35.0 Å². The molecule has 0 radical (unpaired) electrons. The van der Waals surface area contributed by atoms with Crippen LogP contribution in [0.1, 0.15) is 17.0 Å². The lowest BCUT2D eigenvalue weighted by Gasteiger charge is -2.15. The molecule has 0 aliphatic carbocycles. The van der Waals surface area contributed by atoms with Crippen molar-refractivity contribution in [1.82, 2.24) is 15.0 Å². The van der Waals surface area contributed by atoms with Crippen molar-refractivity contribution >= 4 is 29.0 Å². The number of amides is 2. The SMILES string of the molecule is Cc1ccc(-c2nc(CC(=O)N(C)CC(=O)Nc3cc(C)on3)cs2)cc1. The number of thiazole rings is 1. The first kappa shape index (κ1) is 18.8. The van der Waals surface area contributed by atoms with Crippen molar-refractivity contribution in [2.24, 2.45) is 0 Å². The van der Waals surface area contributed by atoms with E-state index in [-0.39, 0.29) is 24.8 Å². The van der Waals surface area contributed by atoms with Crippen LogP contribution in [0.25, 0.3) is 10.6 Å². The molecule has 3 aromatic rings. The van der Waals surface area contributed by atoms with Crippen LogP contribution in [0.4, 0.5) is 5.82 Å². The van der Waals surface area contributed by atoms with Crippen molar-refractivity contribution in [3.05, 3.63) is 52.7 Å². The maximum Gasteiger partial charge on any atom is 0.245 e. The van der Waals surface area contributed by atoms with Crippen LogP contribution in [0.2, 0.25) is 0 Å². The van der Waals surface area contributed by atoms with E-state index in [9.17, 15) is 9.59 Å². The van der Waals surface area contributed by atoms with Crippen molar-refractivity contribution in [1.29, 1.82) is 0 Å². The van der Waals surface area contributed by atoms with Gasteiger partial charge in [0.05, 0.1) is 18.7 Å². The molecule has 0 saturated carbocycles. The summed E-state index contributed by atoms with van der Waals surface area (Å²) in [5.41, 5.74) is 2.91. The summed E-state index contributed by atoms with van der Waals surface area (Å²) in [7, 11) is 1.59. The Bertz CT molecular complexity index is 946. The molecule has 2 amide bonds. The maximum absolute atomic E-state index is 12.4. The quantitative estimate of drug-likeness (QED) is 0.706. The zero-order chi connectivity index (χ0) is 19.4. The van der Waals surface area contributed by atoms with Crippen LogP contribution in [0.5, 0.6) is 0 Å². The highest BCUT2D eigenvalue weighted by molar-refractivity contribution is 7.13. The first-order valence-electron chi connectivity index (χ1n) is 8.39. The number of aryl methyl sites for hydroxylation is 2. The Morgan fingerprint density at radius 2 is 1.96 bits per heavy atom. The van der Waals surface area contributed by atoms with Gasteiger partial charge < -0.3 is 14.7 Å². The van der Waals surface area contributed by atoms with E-state index in [0.717, 1.165) is 10.6 Å². The summed E-state index contributed by atoms with van der Waals surface area (Å²) in [6.45, 7) is 3.70. The van der Waals surface area contributed by atoms with E-state index in [2.05, 4.69) is 15.5 Å². The topological polar surface area (TPSA) is 88.3 Å². The lowest BCUT2D eigenvalue weighted by molar-refractivity contribution is -0.132.